The molecule has 0 saturated carbocycles. The van der Waals surface area contributed by atoms with Gasteiger partial charge in [-0.2, -0.15) is 5.10 Å². The van der Waals surface area contributed by atoms with Crippen molar-refractivity contribution in [3.05, 3.63) is 58.2 Å². The molecule has 102 valence electrons. The van der Waals surface area contributed by atoms with Gasteiger partial charge in [-0.3, -0.25) is 0 Å². The van der Waals surface area contributed by atoms with Crippen molar-refractivity contribution >= 4 is 17.0 Å². The molecule has 0 unspecified atom stereocenters. The first-order chi connectivity index (χ1) is 9.72. The van der Waals surface area contributed by atoms with Gasteiger partial charge in [0.05, 0.1) is 11.9 Å². The Kier molecular flexibility index (Phi) is 3.52. The van der Waals surface area contributed by atoms with Crippen LogP contribution in [-0.4, -0.2) is 14.8 Å². The first-order valence-corrected chi connectivity index (χ1v) is 7.30. The molecule has 20 heavy (non-hydrogen) atoms. The minimum atomic E-state index is 0.822. The van der Waals surface area contributed by atoms with Crippen molar-refractivity contribution in [1.82, 2.24) is 14.8 Å². The normalized spacial score (nSPS) is 10.7. The van der Waals surface area contributed by atoms with E-state index in [1.165, 1.54) is 15.3 Å². The van der Waals surface area contributed by atoms with Crippen LogP contribution in [0.3, 0.4) is 0 Å². The number of nitrogens with one attached hydrogen (secondary N) is 1. The summed E-state index contributed by atoms with van der Waals surface area (Å²) in [7, 11) is 0. The van der Waals surface area contributed by atoms with E-state index in [2.05, 4.69) is 35.3 Å². The van der Waals surface area contributed by atoms with Gasteiger partial charge in [-0.05, 0) is 43.7 Å². The van der Waals surface area contributed by atoms with E-state index < -0.39 is 0 Å². The smallest absolute Gasteiger partial charge is 0.153 e. The molecule has 0 amide bonds. The number of anilines is 1. The van der Waals surface area contributed by atoms with Gasteiger partial charge in [0.15, 0.2) is 5.82 Å². The lowest BCUT2D eigenvalue weighted by Crippen LogP contribution is -2.02. The summed E-state index contributed by atoms with van der Waals surface area (Å²) < 4.78 is 1.75. The predicted octanol–water partition coefficient (Wildman–Crippen LogP) is 3.56. The number of thiophene rings is 1. The van der Waals surface area contributed by atoms with E-state index in [0.29, 0.717) is 0 Å². The quantitative estimate of drug-likeness (QED) is 0.796. The summed E-state index contributed by atoms with van der Waals surface area (Å²) in [6.45, 7) is 5.13. The molecular formula is C15H16N4S. The van der Waals surface area contributed by atoms with Crippen molar-refractivity contribution in [3.8, 4) is 5.82 Å². The fourth-order valence-electron chi connectivity index (χ4n) is 2.09. The minimum absolute atomic E-state index is 0.822. The molecule has 0 aliphatic carbocycles. The van der Waals surface area contributed by atoms with Crippen LogP contribution < -0.4 is 5.32 Å². The van der Waals surface area contributed by atoms with Crippen molar-refractivity contribution in [1.29, 1.82) is 0 Å². The summed E-state index contributed by atoms with van der Waals surface area (Å²) in [5, 5.41) is 7.56. The molecule has 0 aliphatic heterocycles. The van der Waals surface area contributed by atoms with Gasteiger partial charge in [-0.15, -0.1) is 11.3 Å². The predicted molar refractivity (Wildman–Crippen MR) is 82.5 cm³/mol. The molecule has 3 heterocycles. The van der Waals surface area contributed by atoms with Gasteiger partial charge in [-0.25, -0.2) is 9.67 Å². The van der Waals surface area contributed by atoms with Crippen LogP contribution >= 0.6 is 11.3 Å². The Morgan fingerprint density at radius 1 is 1.30 bits per heavy atom. The third kappa shape index (κ3) is 2.72. The maximum absolute atomic E-state index is 4.40. The molecule has 0 fully saturated rings. The van der Waals surface area contributed by atoms with Gasteiger partial charge >= 0.3 is 0 Å². The Labute approximate surface area is 122 Å². The Morgan fingerprint density at radius 3 is 2.80 bits per heavy atom. The second-order valence-corrected chi connectivity index (χ2v) is 6.11. The maximum Gasteiger partial charge on any atom is 0.153 e. The average Bonchev–Trinajstić information content (AvgIpc) is 3.07. The number of hydrogen-bond acceptors (Lipinski definition) is 4. The zero-order valence-electron chi connectivity index (χ0n) is 11.5. The standard InChI is InChI=1S/C15H16N4S/c1-11-8-13(12(2)20-11)9-16-14-4-5-15(17-10-14)19-7-3-6-18-19/h3-8,10,16H,9H2,1-2H3. The van der Waals surface area contributed by atoms with Crippen LogP contribution in [0, 0.1) is 13.8 Å². The van der Waals surface area contributed by atoms with Crippen molar-refractivity contribution in [3.63, 3.8) is 0 Å². The molecule has 0 aliphatic rings. The van der Waals surface area contributed by atoms with Crippen molar-refractivity contribution in [2.45, 2.75) is 20.4 Å². The molecule has 0 aromatic carbocycles. The zero-order chi connectivity index (χ0) is 13.9. The number of pyridine rings is 1. The highest BCUT2D eigenvalue weighted by atomic mass is 32.1. The SMILES string of the molecule is Cc1cc(CNc2ccc(-n3cccn3)nc2)c(C)s1. The van der Waals surface area contributed by atoms with Gasteiger partial charge in [0.25, 0.3) is 0 Å². The molecule has 0 atom stereocenters. The summed E-state index contributed by atoms with van der Waals surface area (Å²) in [4.78, 5) is 7.13. The van der Waals surface area contributed by atoms with Crippen LogP contribution in [0.15, 0.2) is 42.9 Å². The molecule has 5 heteroatoms. The maximum atomic E-state index is 4.40. The highest BCUT2D eigenvalue weighted by Gasteiger charge is 2.03. The van der Waals surface area contributed by atoms with E-state index in [9.17, 15) is 0 Å². The molecule has 3 rings (SSSR count). The van der Waals surface area contributed by atoms with Crippen LogP contribution in [-0.2, 0) is 6.54 Å². The lowest BCUT2D eigenvalue weighted by molar-refractivity contribution is 0.847. The highest BCUT2D eigenvalue weighted by Crippen LogP contribution is 2.21. The molecule has 0 radical (unpaired) electrons. The molecule has 0 saturated heterocycles. The first-order valence-electron chi connectivity index (χ1n) is 6.48. The number of aryl methyl sites for hydroxylation is 2. The summed E-state index contributed by atoms with van der Waals surface area (Å²) in [5.74, 6) is 0.822. The largest absolute Gasteiger partial charge is 0.380 e. The van der Waals surface area contributed by atoms with Crippen molar-refractivity contribution in [2.75, 3.05) is 5.32 Å². The fourth-order valence-corrected chi connectivity index (χ4v) is 3.03. The summed E-state index contributed by atoms with van der Waals surface area (Å²) in [6.07, 6.45) is 5.47. The molecule has 4 nitrogen and oxygen atoms in total. The Hall–Kier alpha value is -2.14. The van der Waals surface area contributed by atoms with Gasteiger partial charge in [-0.1, -0.05) is 0 Å². The fraction of sp³-hybridized carbons (Fsp3) is 0.200. The molecule has 0 spiro atoms. The zero-order valence-corrected chi connectivity index (χ0v) is 12.3. The van der Waals surface area contributed by atoms with Crippen molar-refractivity contribution in [2.24, 2.45) is 0 Å². The second-order valence-electron chi connectivity index (χ2n) is 4.65. The Morgan fingerprint density at radius 2 is 2.20 bits per heavy atom. The van der Waals surface area contributed by atoms with Crippen molar-refractivity contribution < 1.29 is 0 Å². The van der Waals surface area contributed by atoms with E-state index in [4.69, 9.17) is 0 Å². The third-order valence-electron chi connectivity index (χ3n) is 3.11. The number of nitrogens with zero attached hydrogens (tertiary/aromatic N) is 3. The number of rotatable bonds is 4. The molecule has 1 N–H and O–H groups in total. The summed E-state index contributed by atoms with van der Waals surface area (Å²) in [5.41, 5.74) is 2.37. The lowest BCUT2D eigenvalue weighted by atomic mass is 10.2. The van der Waals surface area contributed by atoms with E-state index in [-0.39, 0.29) is 0 Å². The van der Waals surface area contributed by atoms with Gasteiger partial charge in [0, 0.05) is 28.7 Å². The van der Waals surface area contributed by atoms with Gasteiger partial charge in [0.2, 0.25) is 0 Å². The average molecular weight is 284 g/mol. The van der Waals surface area contributed by atoms with E-state index in [0.717, 1.165) is 18.1 Å². The topological polar surface area (TPSA) is 42.7 Å². The van der Waals surface area contributed by atoms with Gasteiger partial charge in [0.1, 0.15) is 0 Å². The first kappa shape index (κ1) is 12.9. The summed E-state index contributed by atoms with van der Waals surface area (Å²) in [6, 6.07) is 8.10. The number of aromatic nitrogens is 3. The monoisotopic (exact) mass is 284 g/mol. The van der Waals surface area contributed by atoms with E-state index in [1.807, 2.05) is 41.9 Å². The Bertz CT molecular complexity index is 683. The van der Waals surface area contributed by atoms with E-state index >= 15 is 0 Å². The van der Waals surface area contributed by atoms with E-state index in [1.54, 1.807) is 10.9 Å². The van der Waals surface area contributed by atoms with Gasteiger partial charge < -0.3 is 5.32 Å². The summed E-state index contributed by atoms with van der Waals surface area (Å²) >= 11 is 1.84. The third-order valence-corrected chi connectivity index (χ3v) is 4.12. The van der Waals surface area contributed by atoms with Crippen LogP contribution in [0.5, 0.6) is 0 Å². The van der Waals surface area contributed by atoms with Crippen LogP contribution in [0.1, 0.15) is 15.3 Å². The molecule has 0 bridgehead atoms. The molecule has 3 aromatic rings. The lowest BCUT2D eigenvalue weighted by Gasteiger charge is -2.07. The molecular weight excluding hydrogens is 268 g/mol. The Balaban J connectivity index is 1.68. The van der Waals surface area contributed by atoms with Crippen LogP contribution in [0.2, 0.25) is 0 Å². The van der Waals surface area contributed by atoms with Crippen LogP contribution in [0.4, 0.5) is 5.69 Å². The minimum Gasteiger partial charge on any atom is -0.380 e. The molecule has 3 aromatic heterocycles. The van der Waals surface area contributed by atoms with Crippen LogP contribution in [0.25, 0.3) is 5.82 Å². The highest BCUT2D eigenvalue weighted by molar-refractivity contribution is 7.12. The second kappa shape index (κ2) is 5.46. The number of hydrogen-bond donors (Lipinski definition) is 1.